The van der Waals surface area contributed by atoms with Crippen molar-refractivity contribution in [3.63, 3.8) is 0 Å². The fourth-order valence-corrected chi connectivity index (χ4v) is 2.04. The maximum atomic E-state index is 11.5. The average Bonchev–Trinajstić information content (AvgIpc) is 2.72. The smallest absolute Gasteiger partial charge is 0.240 e. The number of amides is 1. The van der Waals surface area contributed by atoms with Crippen LogP contribution in [0.25, 0.3) is 0 Å². The van der Waals surface area contributed by atoms with Crippen LogP contribution in [0.5, 0.6) is 5.75 Å². The molecule has 2 rings (SSSR count). The molecule has 4 nitrogen and oxygen atoms in total. The zero-order valence-corrected chi connectivity index (χ0v) is 10.3. The van der Waals surface area contributed by atoms with Gasteiger partial charge in [0.15, 0.2) is 0 Å². The maximum Gasteiger partial charge on any atom is 0.240 e. The van der Waals surface area contributed by atoms with Gasteiger partial charge in [0.1, 0.15) is 5.75 Å². The topological polar surface area (TPSA) is 41.9 Å². The van der Waals surface area contributed by atoms with E-state index in [1.54, 1.807) is 19.0 Å². The summed E-state index contributed by atoms with van der Waals surface area (Å²) >= 11 is 0. The second kappa shape index (κ2) is 4.57. The predicted molar refractivity (Wildman–Crippen MR) is 66.0 cm³/mol. The fraction of sp³-hybridized carbons (Fsp3) is 0.385. The van der Waals surface area contributed by atoms with Gasteiger partial charge in [0.25, 0.3) is 0 Å². The van der Waals surface area contributed by atoms with E-state index in [-0.39, 0.29) is 11.9 Å². The highest BCUT2D eigenvalue weighted by Gasteiger charge is 2.28. The lowest BCUT2D eigenvalue weighted by Crippen LogP contribution is -2.24. The van der Waals surface area contributed by atoms with Gasteiger partial charge in [-0.15, -0.1) is 0 Å². The molecule has 0 N–H and O–H groups in total. The number of rotatable bonds is 2. The molecule has 0 aliphatic carbocycles. The number of ether oxygens (including phenoxy) is 1. The van der Waals surface area contributed by atoms with E-state index in [0.717, 1.165) is 23.4 Å². The van der Waals surface area contributed by atoms with Gasteiger partial charge in [-0.2, -0.15) is 5.10 Å². The molecule has 1 heterocycles. The Morgan fingerprint density at radius 3 is 2.59 bits per heavy atom. The van der Waals surface area contributed by atoms with Crippen molar-refractivity contribution in [2.45, 2.75) is 26.3 Å². The van der Waals surface area contributed by atoms with E-state index in [2.05, 4.69) is 5.10 Å². The molecule has 90 valence electrons. The first kappa shape index (κ1) is 11.6. The van der Waals surface area contributed by atoms with Crippen molar-refractivity contribution in [1.29, 1.82) is 0 Å². The molecule has 1 aromatic rings. The molecule has 1 aliphatic rings. The molecule has 0 spiro atoms. The van der Waals surface area contributed by atoms with Gasteiger partial charge in [-0.25, -0.2) is 5.01 Å². The highest BCUT2D eigenvalue weighted by molar-refractivity contribution is 5.87. The fourth-order valence-electron chi connectivity index (χ4n) is 2.04. The van der Waals surface area contributed by atoms with Crippen LogP contribution in [0.15, 0.2) is 29.4 Å². The SMILES string of the molecule is COc1ccc(C2CC(C)=NN2C(C)=O)cc1. The van der Waals surface area contributed by atoms with Crippen LogP contribution in [0.4, 0.5) is 0 Å². The van der Waals surface area contributed by atoms with E-state index in [4.69, 9.17) is 4.74 Å². The number of benzene rings is 1. The molecule has 0 bridgehead atoms. The summed E-state index contributed by atoms with van der Waals surface area (Å²) in [4.78, 5) is 11.5. The number of hydrogen-bond donors (Lipinski definition) is 0. The third kappa shape index (κ3) is 2.30. The lowest BCUT2D eigenvalue weighted by atomic mass is 10.0. The second-order valence-corrected chi connectivity index (χ2v) is 4.19. The van der Waals surface area contributed by atoms with Crippen LogP contribution in [0, 0.1) is 0 Å². The molecular formula is C13H16N2O2. The number of hydrogen-bond acceptors (Lipinski definition) is 3. The number of hydrazone groups is 1. The number of carbonyl (C=O) groups excluding carboxylic acids is 1. The first-order chi connectivity index (χ1) is 8.11. The van der Waals surface area contributed by atoms with Crippen LogP contribution in [0.3, 0.4) is 0 Å². The van der Waals surface area contributed by atoms with Gasteiger partial charge >= 0.3 is 0 Å². The van der Waals surface area contributed by atoms with E-state index in [1.807, 2.05) is 31.2 Å². The Labute approximate surface area is 101 Å². The monoisotopic (exact) mass is 232 g/mol. The van der Waals surface area contributed by atoms with Crippen molar-refractivity contribution in [1.82, 2.24) is 5.01 Å². The normalized spacial score (nSPS) is 19.1. The van der Waals surface area contributed by atoms with Crippen LogP contribution < -0.4 is 4.74 Å². The molecule has 4 heteroatoms. The zero-order chi connectivity index (χ0) is 12.4. The van der Waals surface area contributed by atoms with E-state index < -0.39 is 0 Å². The van der Waals surface area contributed by atoms with E-state index in [1.165, 1.54) is 0 Å². The summed E-state index contributed by atoms with van der Waals surface area (Å²) < 4.78 is 5.12. The van der Waals surface area contributed by atoms with Gasteiger partial charge in [0.05, 0.1) is 13.2 Å². The van der Waals surface area contributed by atoms with Crippen LogP contribution in [-0.4, -0.2) is 23.7 Å². The number of carbonyl (C=O) groups is 1. The Morgan fingerprint density at radius 1 is 1.41 bits per heavy atom. The summed E-state index contributed by atoms with van der Waals surface area (Å²) in [5.74, 6) is 0.793. The Bertz CT molecular complexity index is 451. The van der Waals surface area contributed by atoms with Crippen LogP contribution in [0.2, 0.25) is 0 Å². The molecule has 1 amide bonds. The molecule has 1 aromatic carbocycles. The predicted octanol–water partition coefficient (Wildman–Crippen LogP) is 2.36. The first-order valence-corrected chi connectivity index (χ1v) is 5.59. The van der Waals surface area contributed by atoms with E-state index in [0.29, 0.717) is 0 Å². The van der Waals surface area contributed by atoms with Gasteiger partial charge in [-0.3, -0.25) is 4.79 Å². The molecule has 0 aromatic heterocycles. The van der Waals surface area contributed by atoms with Crippen molar-refractivity contribution in [3.05, 3.63) is 29.8 Å². The summed E-state index contributed by atoms with van der Waals surface area (Å²) in [7, 11) is 1.64. The van der Waals surface area contributed by atoms with E-state index in [9.17, 15) is 4.79 Å². The summed E-state index contributed by atoms with van der Waals surface area (Å²) in [6.07, 6.45) is 0.798. The molecule has 0 saturated heterocycles. The van der Waals surface area contributed by atoms with Gasteiger partial charge in [0, 0.05) is 19.1 Å². The van der Waals surface area contributed by atoms with Crippen LogP contribution >= 0.6 is 0 Å². The molecule has 1 atom stereocenters. The largest absolute Gasteiger partial charge is 0.497 e. The summed E-state index contributed by atoms with van der Waals surface area (Å²) in [6.45, 7) is 3.48. The third-order valence-electron chi connectivity index (χ3n) is 2.89. The minimum absolute atomic E-state index is 0.0253. The minimum atomic E-state index is -0.0253. The van der Waals surface area contributed by atoms with Crippen LogP contribution in [-0.2, 0) is 4.79 Å². The Hall–Kier alpha value is -1.84. The lowest BCUT2D eigenvalue weighted by Gasteiger charge is -2.20. The summed E-state index contributed by atoms with van der Waals surface area (Å²) in [6, 6.07) is 7.79. The standard InChI is InChI=1S/C13H16N2O2/c1-9-8-13(15(14-9)10(2)16)11-4-6-12(17-3)7-5-11/h4-7,13H,8H2,1-3H3. The van der Waals surface area contributed by atoms with Crippen molar-refractivity contribution < 1.29 is 9.53 Å². The highest BCUT2D eigenvalue weighted by Crippen LogP contribution is 2.31. The lowest BCUT2D eigenvalue weighted by molar-refractivity contribution is -0.130. The first-order valence-electron chi connectivity index (χ1n) is 5.59. The van der Waals surface area contributed by atoms with Crippen molar-refractivity contribution >= 4 is 11.6 Å². The zero-order valence-electron chi connectivity index (χ0n) is 10.3. The number of methoxy groups -OCH3 is 1. The third-order valence-corrected chi connectivity index (χ3v) is 2.89. The van der Waals surface area contributed by atoms with Gasteiger partial charge in [-0.05, 0) is 24.6 Å². The Balaban J connectivity index is 2.24. The van der Waals surface area contributed by atoms with E-state index >= 15 is 0 Å². The van der Waals surface area contributed by atoms with Crippen molar-refractivity contribution in [2.75, 3.05) is 7.11 Å². The summed E-state index contributed by atoms with van der Waals surface area (Å²) in [5.41, 5.74) is 2.07. The average molecular weight is 232 g/mol. The minimum Gasteiger partial charge on any atom is -0.497 e. The Kier molecular flexibility index (Phi) is 3.13. The highest BCUT2D eigenvalue weighted by atomic mass is 16.5. The molecule has 0 saturated carbocycles. The van der Waals surface area contributed by atoms with Gasteiger partial charge < -0.3 is 4.74 Å². The summed E-state index contributed by atoms with van der Waals surface area (Å²) in [5, 5.41) is 5.81. The Morgan fingerprint density at radius 2 is 2.06 bits per heavy atom. The maximum absolute atomic E-state index is 11.5. The number of nitrogens with zero attached hydrogens (tertiary/aromatic N) is 2. The molecule has 0 radical (unpaired) electrons. The molecular weight excluding hydrogens is 216 g/mol. The quantitative estimate of drug-likeness (QED) is 0.785. The van der Waals surface area contributed by atoms with Crippen LogP contribution in [0.1, 0.15) is 31.9 Å². The molecule has 1 unspecified atom stereocenters. The van der Waals surface area contributed by atoms with Crippen molar-refractivity contribution in [3.8, 4) is 5.75 Å². The molecule has 0 fully saturated rings. The second-order valence-electron chi connectivity index (χ2n) is 4.19. The van der Waals surface area contributed by atoms with Crippen molar-refractivity contribution in [2.24, 2.45) is 5.10 Å². The molecule has 17 heavy (non-hydrogen) atoms. The van der Waals surface area contributed by atoms with Gasteiger partial charge in [-0.1, -0.05) is 12.1 Å². The van der Waals surface area contributed by atoms with Gasteiger partial charge in [0.2, 0.25) is 5.91 Å². The molecule has 1 aliphatic heterocycles.